The Morgan fingerprint density at radius 1 is 1.21 bits per heavy atom. The minimum Gasteiger partial charge on any atom is -0.309 e. The second kappa shape index (κ2) is 4.91. The molecule has 0 radical (unpaired) electrons. The van der Waals surface area contributed by atoms with Gasteiger partial charge in [-0.3, -0.25) is 4.99 Å². The van der Waals surface area contributed by atoms with Gasteiger partial charge in [0.05, 0.1) is 5.69 Å². The zero-order chi connectivity index (χ0) is 9.64. The molecule has 1 unspecified atom stereocenters. The van der Waals surface area contributed by atoms with E-state index in [1.54, 1.807) is 0 Å². The Labute approximate surface area is 85.1 Å². The molecule has 1 saturated heterocycles. The largest absolute Gasteiger partial charge is 0.309 e. The molecule has 0 spiro atoms. The van der Waals surface area contributed by atoms with Crippen LogP contribution in [0.5, 0.6) is 0 Å². The Balaban J connectivity index is 1.93. The van der Waals surface area contributed by atoms with Gasteiger partial charge in [0.25, 0.3) is 0 Å². The van der Waals surface area contributed by atoms with Crippen LogP contribution < -0.4 is 5.32 Å². The maximum atomic E-state index is 4.44. The Hall–Kier alpha value is -1.15. The highest BCUT2D eigenvalue weighted by atomic mass is 14.9. The topological polar surface area (TPSA) is 24.4 Å². The standard InChI is InChI=1S/C12H16N2/c1-2-6-11(7-3-1)14-10-12-8-4-5-9-13-12/h1-3,6-7,10,12-13H,4-5,8-9H2. The summed E-state index contributed by atoms with van der Waals surface area (Å²) in [5.74, 6) is 0. The molecular weight excluding hydrogens is 172 g/mol. The summed E-state index contributed by atoms with van der Waals surface area (Å²) < 4.78 is 0. The highest BCUT2D eigenvalue weighted by molar-refractivity contribution is 5.68. The molecule has 1 aliphatic heterocycles. The van der Waals surface area contributed by atoms with E-state index < -0.39 is 0 Å². The van der Waals surface area contributed by atoms with E-state index >= 15 is 0 Å². The lowest BCUT2D eigenvalue weighted by molar-refractivity contribution is 0.476. The van der Waals surface area contributed by atoms with Gasteiger partial charge in [0, 0.05) is 12.3 Å². The average molecular weight is 188 g/mol. The van der Waals surface area contributed by atoms with Gasteiger partial charge in [-0.15, -0.1) is 0 Å². The minimum absolute atomic E-state index is 0.476. The smallest absolute Gasteiger partial charge is 0.0626 e. The van der Waals surface area contributed by atoms with Crippen molar-refractivity contribution in [3.8, 4) is 0 Å². The quantitative estimate of drug-likeness (QED) is 0.709. The fraction of sp³-hybridized carbons (Fsp3) is 0.417. The Kier molecular flexibility index (Phi) is 3.30. The van der Waals surface area contributed by atoms with E-state index in [1.165, 1.54) is 19.3 Å². The highest BCUT2D eigenvalue weighted by Crippen LogP contribution is 2.10. The van der Waals surface area contributed by atoms with Gasteiger partial charge in [0.1, 0.15) is 0 Å². The third-order valence-corrected chi connectivity index (χ3v) is 2.51. The van der Waals surface area contributed by atoms with Gasteiger partial charge in [-0.05, 0) is 31.5 Å². The lowest BCUT2D eigenvalue weighted by Crippen LogP contribution is -2.34. The van der Waals surface area contributed by atoms with Crippen LogP contribution in [-0.4, -0.2) is 18.8 Å². The van der Waals surface area contributed by atoms with Crippen LogP contribution in [0.4, 0.5) is 5.69 Å². The third-order valence-electron chi connectivity index (χ3n) is 2.51. The predicted octanol–water partition coefficient (Wildman–Crippen LogP) is 2.53. The van der Waals surface area contributed by atoms with Gasteiger partial charge in [-0.1, -0.05) is 24.6 Å². The zero-order valence-electron chi connectivity index (χ0n) is 8.32. The normalized spacial score (nSPS) is 22.7. The first-order chi connectivity index (χ1) is 6.95. The van der Waals surface area contributed by atoms with Crippen LogP contribution in [0.2, 0.25) is 0 Å². The first-order valence-electron chi connectivity index (χ1n) is 5.28. The molecule has 74 valence electrons. The molecule has 0 aliphatic carbocycles. The van der Waals surface area contributed by atoms with Crippen molar-refractivity contribution in [3.63, 3.8) is 0 Å². The maximum absolute atomic E-state index is 4.44. The lowest BCUT2D eigenvalue weighted by Gasteiger charge is -2.19. The molecule has 1 heterocycles. The number of benzene rings is 1. The van der Waals surface area contributed by atoms with Crippen LogP contribution in [-0.2, 0) is 0 Å². The van der Waals surface area contributed by atoms with Crippen molar-refractivity contribution in [2.45, 2.75) is 25.3 Å². The van der Waals surface area contributed by atoms with Crippen molar-refractivity contribution in [3.05, 3.63) is 30.3 Å². The van der Waals surface area contributed by atoms with Crippen molar-refractivity contribution in [1.82, 2.24) is 5.32 Å². The summed E-state index contributed by atoms with van der Waals surface area (Å²) >= 11 is 0. The SMILES string of the molecule is C(=Nc1ccccc1)C1CCCCN1. The number of aliphatic imine (C=N–C) groups is 1. The highest BCUT2D eigenvalue weighted by Gasteiger charge is 2.08. The average Bonchev–Trinajstić information content (AvgIpc) is 2.29. The van der Waals surface area contributed by atoms with E-state index in [0.29, 0.717) is 6.04 Å². The van der Waals surface area contributed by atoms with E-state index in [-0.39, 0.29) is 0 Å². The summed E-state index contributed by atoms with van der Waals surface area (Å²) in [5, 5.41) is 3.44. The fourth-order valence-corrected chi connectivity index (χ4v) is 1.70. The minimum atomic E-state index is 0.476. The molecule has 0 aromatic heterocycles. The van der Waals surface area contributed by atoms with Crippen molar-refractivity contribution in [2.75, 3.05) is 6.54 Å². The molecule has 2 rings (SSSR count). The molecule has 1 N–H and O–H groups in total. The number of para-hydroxylation sites is 1. The van der Waals surface area contributed by atoms with E-state index in [9.17, 15) is 0 Å². The number of hydrogen-bond donors (Lipinski definition) is 1. The summed E-state index contributed by atoms with van der Waals surface area (Å²) in [6.07, 6.45) is 5.87. The summed E-state index contributed by atoms with van der Waals surface area (Å²) in [5.41, 5.74) is 1.04. The molecule has 2 nitrogen and oxygen atoms in total. The van der Waals surface area contributed by atoms with Gasteiger partial charge in [0.15, 0.2) is 0 Å². The zero-order valence-corrected chi connectivity index (χ0v) is 8.32. The van der Waals surface area contributed by atoms with Crippen LogP contribution in [0, 0.1) is 0 Å². The van der Waals surface area contributed by atoms with Crippen LogP contribution in [0.25, 0.3) is 0 Å². The Bertz CT molecular complexity index is 286. The molecule has 0 bridgehead atoms. The van der Waals surface area contributed by atoms with Crippen LogP contribution in [0.15, 0.2) is 35.3 Å². The first kappa shape index (κ1) is 9.41. The van der Waals surface area contributed by atoms with E-state index in [4.69, 9.17) is 0 Å². The van der Waals surface area contributed by atoms with Crippen molar-refractivity contribution in [2.24, 2.45) is 4.99 Å². The molecule has 14 heavy (non-hydrogen) atoms. The van der Waals surface area contributed by atoms with Crippen LogP contribution >= 0.6 is 0 Å². The van der Waals surface area contributed by atoms with Crippen molar-refractivity contribution < 1.29 is 0 Å². The molecule has 0 saturated carbocycles. The number of rotatable bonds is 2. The number of nitrogens with one attached hydrogen (secondary N) is 1. The van der Waals surface area contributed by atoms with Gasteiger partial charge in [0.2, 0.25) is 0 Å². The lowest BCUT2D eigenvalue weighted by atomic mass is 10.1. The number of nitrogens with zero attached hydrogens (tertiary/aromatic N) is 1. The van der Waals surface area contributed by atoms with Gasteiger partial charge >= 0.3 is 0 Å². The monoisotopic (exact) mass is 188 g/mol. The van der Waals surface area contributed by atoms with Gasteiger partial charge in [-0.2, -0.15) is 0 Å². The maximum Gasteiger partial charge on any atom is 0.0626 e. The summed E-state index contributed by atoms with van der Waals surface area (Å²) in [7, 11) is 0. The van der Waals surface area contributed by atoms with Crippen molar-refractivity contribution in [1.29, 1.82) is 0 Å². The first-order valence-corrected chi connectivity index (χ1v) is 5.28. The predicted molar refractivity (Wildman–Crippen MR) is 60.2 cm³/mol. The molecule has 1 fully saturated rings. The Morgan fingerprint density at radius 3 is 2.79 bits per heavy atom. The Morgan fingerprint density at radius 2 is 2.07 bits per heavy atom. The van der Waals surface area contributed by atoms with Crippen LogP contribution in [0.3, 0.4) is 0 Å². The molecular formula is C12H16N2. The number of piperidine rings is 1. The van der Waals surface area contributed by atoms with Crippen molar-refractivity contribution >= 4 is 11.9 Å². The molecule has 1 aromatic rings. The van der Waals surface area contributed by atoms with E-state index in [1.807, 2.05) is 36.5 Å². The molecule has 2 heteroatoms. The van der Waals surface area contributed by atoms with E-state index in [0.717, 1.165) is 12.2 Å². The van der Waals surface area contributed by atoms with Gasteiger partial charge < -0.3 is 5.32 Å². The number of hydrogen-bond acceptors (Lipinski definition) is 2. The molecule has 0 amide bonds. The summed E-state index contributed by atoms with van der Waals surface area (Å²) in [6, 6.07) is 10.6. The second-order valence-corrected chi connectivity index (χ2v) is 3.67. The second-order valence-electron chi connectivity index (χ2n) is 3.67. The molecule has 1 atom stereocenters. The van der Waals surface area contributed by atoms with E-state index in [2.05, 4.69) is 10.3 Å². The van der Waals surface area contributed by atoms with Gasteiger partial charge in [-0.25, -0.2) is 0 Å². The summed E-state index contributed by atoms with van der Waals surface area (Å²) in [4.78, 5) is 4.44. The molecule has 1 aliphatic rings. The molecule has 1 aromatic carbocycles. The van der Waals surface area contributed by atoms with Crippen LogP contribution in [0.1, 0.15) is 19.3 Å². The third kappa shape index (κ3) is 2.67. The summed E-state index contributed by atoms with van der Waals surface area (Å²) in [6.45, 7) is 1.13. The fourth-order valence-electron chi connectivity index (χ4n) is 1.70.